The van der Waals surface area contributed by atoms with Gasteiger partial charge in [0.1, 0.15) is 5.75 Å². The molecule has 0 unspecified atom stereocenters. The summed E-state index contributed by atoms with van der Waals surface area (Å²) >= 11 is 4.35. The fourth-order valence-electron chi connectivity index (χ4n) is 1.65. The number of methoxy groups -OCH3 is 1. The van der Waals surface area contributed by atoms with Crippen LogP contribution in [0.4, 0.5) is 11.5 Å². The highest BCUT2D eigenvalue weighted by Crippen LogP contribution is 2.28. The topological polar surface area (TPSA) is 89.7 Å². The number of anilines is 1. The SMILES string of the molecule is COc1c(I)cc(/C=N\Nc2ncccc2[N+](=O)[O-])cc1I. The molecule has 0 aliphatic heterocycles. The maximum absolute atomic E-state index is 10.9. The van der Waals surface area contributed by atoms with Gasteiger partial charge in [-0.1, -0.05) is 0 Å². The van der Waals surface area contributed by atoms with E-state index in [1.165, 1.54) is 18.3 Å². The maximum Gasteiger partial charge on any atom is 0.313 e. The number of hydrazone groups is 1. The summed E-state index contributed by atoms with van der Waals surface area (Å²) in [6.45, 7) is 0. The first-order valence-electron chi connectivity index (χ1n) is 5.94. The lowest BCUT2D eigenvalue weighted by molar-refractivity contribution is -0.384. The van der Waals surface area contributed by atoms with E-state index in [0.29, 0.717) is 0 Å². The number of nitrogens with one attached hydrogen (secondary N) is 1. The molecule has 0 saturated carbocycles. The van der Waals surface area contributed by atoms with Crippen molar-refractivity contribution in [3.05, 3.63) is 53.3 Å². The van der Waals surface area contributed by atoms with Crippen LogP contribution in [0.25, 0.3) is 0 Å². The molecule has 9 heteroatoms. The molecule has 0 atom stereocenters. The molecule has 114 valence electrons. The Labute approximate surface area is 153 Å². The number of pyridine rings is 1. The molecule has 0 spiro atoms. The smallest absolute Gasteiger partial charge is 0.313 e. The number of nitro groups is 1. The third kappa shape index (κ3) is 4.03. The van der Waals surface area contributed by atoms with Gasteiger partial charge in [-0.15, -0.1) is 0 Å². The Balaban J connectivity index is 2.19. The van der Waals surface area contributed by atoms with Gasteiger partial charge in [0.25, 0.3) is 0 Å². The first kappa shape index (κ1) is 16.9. The molecule has 1 aromatic carbocycles. The molecule has 0 radical (unpaired) electrons. The summed E-state index contributed by atoms with van der Waals surface area (Å²) in [7, 11) is 1.62. The molecule has 1 N–H and O–H groups in total. The predicted molar refractivity (Wildman–Crippen MR) is 101 cm³/mol. The number of aromatic nitrogens is 1. The van der Waals surface area contributed by atoms with Crippen molar-refractivity contribution in [3.63, 3.8) is 0 Å². The molecular formula is C13H10I2N4O3. The van der Waals surface area contributed by atoms with Crippen LogP contribution in [0.1, 0.15) is 5.56 Å². The predicted octanol–water partition coefficient (Wildman–Crippen LogP) is 3.65. The third-order valence-electron chi connectivity index (χ3n) is 2.59. The van der Waals surface area contributed by atoms with Gasteiger partial charge in [0.15, 0.2) is 0 Å². The molecule has 22 heavy (non-hydrogen) atoms. The molecule has 1 aromatic heterocycles. The van der Waals surface area contributed by atoms with Gasteiger partial charge < -0.3 is 4.74 Å². The summed E-state index contributed by atoms with van der Waals surface area (Å²) in [5.41, 5.74) is 3.31. The second kappa shape index (κ2) is 7.67. The minimum Gasteiger partial charge on any atom is -0.495 e. The third-order valence-corrected chi connectivity index (χ3v) is 4.19. The highest BCUT2D eigenvalue weighted by molar-refractivity contribution is 14.1. The fourth-order valence-corrected chi connectivity index (χ4v) is 3.90. The zero-order valence-corrected chi connectivity index (χ0v) is 15.6. The van der Waals surface area contributed by atoms with Crippen molar-refractivity contribution in [3.8, 4) is 5.75 Å². The van der Waals surface area contributed by atoms with Crippen LogP contribution in [-0.4, -0.2) is 23.2 Å². The van der Waals surface area contributed by atoms with E-state index < -0.39 is 4.92 Å². The Hall–Kier alpha value is -1.50. The molecule has 7 nitrogen and oxygen atoms in total. The van der Waals surface area contributed by atoms with E-state index in [1.807, 2.05) is 12.1 Å². The lowest BCUT2D eigenvalue weighted by Gasteiger charge is -2.07. The van der Waals surface area contributed by atoms with E-state index in [9.17, 15) is 10.1 Å². The van der Waals surface area contributed by atoms with Gasteiger partial charge in [-0.3, -0.25) is 15.5 Å². The number of ether oxygens (including phenoxy) is 1. The van der Waals surface area contributed by atoms with Crippen molar-refractivity contribution in [1.82, 2.24) is 4.98 Å². The zero-order chi connectivity index (χ0) is 16.1. The van der Waals surface area contributed by atoms with Crippen molar-refractivity contribution in [2.75, 3.05) is 12.5 Å². The van der Waals surface area contributed by atoms with Crippen LogP contribution in [0.5, 0.6) is 5.75 Å². The van der Waals surface area contributed by atoms with Gasteiger partial charge >= 0.3 is 5.69 Å². The van der Waals surface area contributed by atoms with E-state index in [1.54, 1.807) is 13.3 Å². The minimum atomic E-state index is -0.510. The van der Waals surface area contributed by atoms with E-state index in [4.69, 9.17) is 4.74 Å². The fraction of sp³-hybridized carbons (Fsp3) is 0.0769. The van der Waals surface area contributed by atoms with E-state index in [2.05, 4.69) is 60.7 Å². The van der Waals surface area contributed by atoms with E-state index >= 15 is 0 Å². The van der Waals surface area contributed by atoms with Crippen molar-refractivity contribution in [2.45, 2.75) is 0 Å². The Bertz CT molecular complexity index is 714. The number of hydrogen-bond acceptors (Lipinski definition) is 6. The van der Waals surface area contributed by atoms with Gasteiger partial charge in [-0.05, 0) is 68.9 Å². The van der Waals surface area contributed by atoms with Gasteiger partial charge in [0.2, 0.25) is 5.82 Å². The molecule has 0 amide bonds. The molecule has 0 aliphatic carbocycles. The van der Waals surface area contributed by atoms with Crippen molar-refractivity contribution < 1.29 is 9.66 Å². The maximum atomic E-state index is 10.9. The Morgan fingerprint density at radius 2 is 2.09 bits per heavy atom. The Morgan fingerprint density at radius 3 is 2.68 bits per heavy atom. The van der Waals surface area contributed by atoms with Crippen LogP contribution >= 0.6 is 45.2 Å². The summed E-state index contributed by atoms with van der Waals surface area (Å²) < 4.78 is 7.20. The number of rotatable bonds is 5. The highest BCUT2D eigenvalue weighted by Gasteiger charge is 2.13. The second-order valence-electron chi connectivity index (χ2n) is 4.02. The lowest BCUT2D eigenvalue weighted by atomic mass is 10.2. The summed E-state index contributed by atoms with van der Waals surface area (Å²) in [6.07, 6.45) is 3.03. The second-order valence-corrected chi connectivity index (χ2v) is 6.34. The highest BCUT2D eigenvalue weighted by atomic mass is 127. The Kier molecular flexibility index (Phi) is 5.88. The summed E-state index contributed by atoms with van der Waals surface area (Å²) in [5, 5.41) is 14.9. The van der Waals surface area contributed by atoms with Crippen LogP contribution in [0, 0.1) is 17.3 Å². The largest absolute Gasteiger partial charge is 0.495 e. The van der Waals surface area contributed by atoms with Crippen LogP contribution in [0.15, 0.2) is 35.6 Å². The van der Waals surface area contributed by atoms with Gasteiger partial charge in [-0.2, -0.15) is 5.10 Å². The molecule has 0 saturated heterocycles. The van der Waals surface area contributed by atoms with Gasteiger partial charge in [0, 0.05) is 12.3 Å². The standard InChI is InChI=1S/C13H10I2N4O3/c1-22-12-9(14)5-8(6-10(12)15)7-17-18-13-11(19(20)21)3-2-4-16-13/h2-7H,1H3,(H,16,18)/b17-7-. The van der Waals surface area contributed by atoms with Gasteiger partial charge in [0.05, 0.1) is 25.4 Å². The first-order valence-corrected chi connectivity index (χ1v) is 8.10. The quantitative estimate of drug-likeness (QED) is 0.280. The first-order chi connectivity index (χ1) is 10.5. The number of halogens is 2. The molecular weight excluding hydrogens is 514 g/mol. The van der Waals surface area contributed by atoms with Crippen molar-refractivity contribution in [1.29, 1.82) is 0 Å². The Morgan fingerprint density at radius 1 is 1.41 bits per heavy atom. The van der Waals surface area contributed by atoms with Crippen molar-refractivity contribution >= 4 is 62.9 Å². The average molecular weight is 524 g/mol. The van der Waals surface area contributed by atoms with Crippen LogP contribution in [0.2, 0.25) is 0 Å². The normalized spacial score (nSPS) is 10.7. The number of nitrogens with zero attached hydrogens (tertiary/aromatic N) is 3. The summed E-state index contributed by atoms with van der Waals surface area (Å²) in [6, 6.07) is 6.67. The summed E-state index contributed by atoms with van der Waals surface area (Å²) in [4.78, 5) is 14.3. The molecule has 2 aromatic rings. The lowest BCUT2D eigenvalue weighted by Crippen LogP contribution is -1.99. The molecule has 0 bridgehead atoms. The van der Waals surface area contributed by atoms with Crippen molar-refractivity contribution in [2.24, 2.45) is 5.10 Å². The van der Waals surface area contributed by atoms with Gasteiger partial charge in [-0.25, -0.2) is 4.98 Å². The van der Waals surface area contributed by atoms with E-state index in [-0.39, 0.29) is 11.5 Å². The monoisotopic (exact) mass is 524 g/mol. The molecule has 2 rings (SSSR count). The zero-order valence-electron chi connectivity index (χ0n) is 11.3. The molecule has 0 fully saturated rings. The van der Waals surface area contributed by atoms with E-state index in [0.717, 1.165) is 18.5 Å². The molecule has 0 aliphatic rings. The molecule has 1 heterocycles. The number of hydrogen-bond donors (Lipinski definition) is 1. The number of benzene rings is 1. The summed E-state index contributed by atoms with van der Waals surface area (Å²) in [5.74, 6) is 0.910. The average Bonchev–Trinajstić information content (AvgIpc) is 2.47. The van der Waals surface area contributed by atoms with Crippen LogP contribution in [0.3, 0.4) is 0 Å². The van der Waals surface area contributed by atoms with Crippen LogP contribution < -0.4 is 10.2 Å². The van der Waals surface area contributed by atoms with Crippen LogP contribution in [-0.2, 0) is 0 Å². The minimum absolute atomic E-state index is 0.0988.